The SMILES string of the molecule is CN1C(=O)N(Cc2ccc(F)c(F)c2)Cc2nc(C(=O)NCc3ccncc3)[nH]c21. The average Bonchev–Trinajstić information content (AvgIpc) is 3.18. The van der Waals surface area contributed by atoms with Crippen LogP contribution in [0.15, 0.2) is 42.7 Å². The number of urea groups is 1. The Balaban J connectivity index is 1.48. The second-order valence-corrected chi connectivity index (χ2v) is 6.86. The van der Waals surface area contributed by atoms with Crippen LogP contribution in [0.5, 0.6) is 0 Å². The Morgan fingerprint density at radius 2 is 1.93 bits per heavy atom. The van der Waals surface area contributed by atoms with Crippen LogP contribution in [0, 0.1) is 11.6 Å². The second kappa shape index (κ2) is 7.90. The first-order valence-corrected chi connectivity index (χ1v) is 9.15. The number of halogens is 2. The smallest absolute Gasteiger partial charge is 0.326 e. The zero-order chi connectivity index (χ0) is 21.3. The summed E-state index contributed by atoms with van der Waals surface area (Å²) in [5, 5.41) is 2.76. The maximum atomic E-state index is 13.5. The number of carbonyl (C=O) groups excluding carboxylic acids is 2. The van der Waals surface area contributed by atoms with Crippen molar-refractivity contribution in [1.29, 1.82) is 0 Å². The van der Waals surface area contributed by atoms with E-state index in [0.29, 0.717) is 23.6 Å². The van der Waals surface area contributed by atoms with Gasteiger partial charge in [-0.1, -0.05) is 6.07 Å². The quantitative estimate of drug-likeness (QED) is 0.674. The number of H-pyrrole nitrogens is 1. The van der Waals surface area contributed by atoms with Gasteiger partial charge in [0.1, 0.15) is 11.5 Å². The molecule has 154 valence electrons. The zero-order valence-corrected chi connectivity index (χ0v) is 16.0. The molecule has 0 atom stereocenters. The number of carbonyl (C=O) groups is 2. The number of benzene rings is 1. The molecule has 3 amide bonds. The molecule has 30 heavy (non-hydrogen) atoms. The minimum Gasteiger partial charge on any atom is -0.345 e. The summed E-state index contributed by atoms with van der Waals surface area (Å²) in [6.07, 6.45) is 3.27. The number of aromatic amines is 1. The fraction of sp³-hybridized carbons (Fsp3) is 0.200. The Morgan fingerprint density at radius 1 is 1.17 bits per heavy atom. The van der Waals surface area contributed by atoms with Gasteiger partial charge in [0, 0.05) is 32.5 Å². The highest BCUT2D eigenvalue weighted by molar-refractivity contribution is 5.95. The molecule has 0 spiro atoms. The largest absolute Gasteiger partial charge is 0.345 e. The van der Waals surface area contributed by atoms with Crippen LogP contribution in [0.25, 0.3) is 0 Å². The van der Waals surface area contributed by atoms with Crippen LogP contribution in [0.1, 0.15) is 27.4 Å². The molecule has 8 nitrogen and oxygen atoms in total. The van der Waals surface area contributed by atoms with Crippen LogP contribution < -0.4 is 10.2 Å². The molecule has 4 rings (SSSR count). The van der Waals surface area contributed by atoms with Gasteiger partial charge < -0.3 is 15.2 Å². The van der Waals surface area contributed by atoms with Crippen molar-refractivity contribution in [2.24, 2.45) is 0 Å². The first kappa shape index (κ1) is 19.5. The topological polar surface area (TPSA) is 94.2 Å². The maximum Gasteiger partial charge on any atom is 0.326 e. The van der Waals surface area contributed by atoms with Crippen molar-refractivity contribution >= 4 is 17.8 Å². The zero-order valence-electron chi connectivity index (χ0n) is 16.0. The molecule has 2 aromatic heterocycles. The predicted octanol–water partition coefficient (Wildman–Crippen LogP) is 2.58. The molecule has 0 bridgehead atoms. The van der Waals surface area contributed by atoms with Crippen LogP contribution in [-0.2, 0) is 19.6 Å². The Kier molecular flexibility index (Phi) is 5.13. The van der Waals surface area contributed by atoms with Crippen LogP contribution in [0.2, 0.25) is 0 Å². The molecule has 2 N–H and O–H groups in total. The number of nitrogens with one attached hydrogen (secondary N) is 2. The average molecular weight is 412 g/mol. The highest BCUT2D eigenvalue weighted by Crippen LogP contribution is 2.26. The lowest BCUT2D eigenvalue weighted by molar-refractivity contribution is 0.0941. The Morgan fingerprint density at radius 3 is 2.67 bits per heavy atom. The number of pyridine rings is 1. The number of rotatable bonds is 5. The van der Waals surface area contributed by atoms with E-state index in [1.165, 1.54) is 15.9 Å². The molecule has 0 aliphatic carbocycles. The minimum absolute atomic E-state index is 0.0796. The molecular weight excluding hydrogens is 394 g/mol. The summed E-state index contributed by atoms with van der Waals surface area (Å²) < 4.78 is 26.6. The molecule has 0 saturated heterocycles. The fourth-order valence-corrected chi connectivity index (χ4v) is 3.20. The molecule has 0 fully saturated rings. The van der Waals surface area contributed by atoms with Crippen LogP contribution in [-0.4, -0.2) is 38.8 Å². The summed E-state index contributed by atoms with van der Waals surface area (Å²) in [5.74, 6) is -1.81. The van der Waals surface area contributed by atoms with Crippen LogP contribution in [0.4, 0.5) is 19.4 Å². The number of hydrogen-bond donors (Lipinski definition) is 2. The van der Waals surface area contributed by atoms with Gasteiger partial charge in [-0.25, -0.2) is 18.6 Å². The Labute approximate surface area is 170 Å². The maximum absolute atomic E-state index is 13.5. The van der Waals surface area contributed by atoms with Crippen molar-refractivity contribution in [2.75, 3.05) is 11.9 Å². The molecule has 0 unspecified atom stereocenters. The normalized spacial score (nSPS) is 13.4. The van der Waals surface area contributed by atoms with Crippen molar-refractivity contribution in [3.8, 4) is 0 Å². The van der Waals surface area contributed by atoms with E-state index in [2.05, 4.69) is 20.3 Å². The van der Waals surface area contributed by atoms with Gasteiger partial charge >= 0.3 is 6.03 Å². The third kappa shape index (κ3) is 3.84. The van der Waals surface area contributed by atoms with Crippen molar-refractivity contribution in [3.63, 3.8) is 0 Å². The number of nitrogens with zero attached hydrogens (tertiary/aromatic N) is 4. The summed E-state index contributed by atoms with van der Waals surface area (Å²) in [4.78, 5) is 39.0. The van der Waals surface area contributed by atoms with Gasteiger partial charge in [-0.2, -0.15) is 0 Å². The third-order valence-corrected chi connectivity index (χ3v) is 4.77. The van der Waals surface area contributed by atoms with Gasteiger partial charge in [0.15, 0.2) is 17.5 Å². The van der Waals surface area contributed by atoms with E-state index in [1.807, 2.05) is 0 Å². The van der Waals surface area contributed by atoms with Gasteiger partial charge in [0.2, 0.25) is 0 Å². The van der Waals surface area contributed by atoms with Crippen LogP contribution >= 0.6 is 0 Å². The van der Waals surface area contributed by atoms with Gasteiger partial charge in [-0.05, 0) is 35.4 Å². The third-order valence-electron chi connectivity index (χ3n) is 4.77. The number of amides is 3. The number of hydrogen-bond acceptors (Lipinski definition) is 4. The molecule has 10 heteroatoms. The van der Waals surface area contributed by atoms with E-state index >= 15 is 0 Å². The molecule has 0 saturated carbocycles. The molecule has 1 aromatic carbocycles. The van der Waals surface area contributed by atoms with E-state index in [1.54, 1.807) is 31.6 Å². The molecular formula is C20H18F2N6O2. The summed E-state index contributed by atoms with van der Waals surface area (Å²) in [7, 11) is 1.55. The first-order chi connectivity index (χ1) is 14.4. The standard InChI is InChI=1S/C20H18F2N6O2/c1-27-18-16(11-28(20(27)30)10-13-2-3-14(21)15(22)8-13)25-17(26-18)19(29)24-9-12-4-6-23-7-5-12/h2-8H,9-11H2,1H3,(H,24,29)(H,25,26). The Bertz CT molecular complexity index is 1100. The van der Waals surface area contributed by atoms with E-state index in [4.69, 9.17) is 0 Å². The van der Waals surface area contributed by atoms with Crippen LogP contribution in [0.3, 0.4) is 0 Å². The van der Waals surface area contributed by atoms with Crippen molar-refractivity contribution in [1.82, 2.24) is 25.2 Å². The lowest BCUT2D eigenvalue weighted by Gasteiger charge is -2.32. The predicted molar refractivity (Wildman–Crippen MR) is 103 cm³/mol. The molecule has 1 aliphatic heterocycles. The van der Waals surface area contributed by atoms with Gasteiger partial charge in [0.25, 0.3) is 5.91 Å². The van der Waals surface area contributed by atoms with E-state index in [0.717, 1.165) is 17.7 Å². The van der Waals surface area contributed by atoms with Gasteiger partial charge in [-0.15, -0.1) is 0 Å². The Hall–Kier alpha value is -3.82. The minimum atomic E-state index is -0.973. The lowest BCUT2D eigenvalue weighted by Crippen LogP contribution is -2.44. The summed E-state index contributed by atoms with van der Waals surface area (Å²) in [6.45, 7) is 0.519. The van der Waals surface area contributed by atoms with Gasteiger partial charge in [-0.3, -0.25) is 14.7 Å². The molecule has 0 radical (unpaired) electrons. The molecule has 3 aromatic rings. The summed E-state index contributed by atoms with van der Waals surface area (Å²) >= 11 is 0. The molecule has 1 aliphatic rings. The highest BCUT2D eigenvalue weighted by atomic mass is 19.2. The second-order valence-electron chi connectivity index (χ2n) is 6.86. The van der Waals surface area contributed by atoms with E-state index < -0.39 is 17.5 Å². The highest BCUT2D eigenvalue weighted by Gasteiger charge is 2.32. The monoisotopic (exact) mass is 412 g/mol. The van der Waals surface area contributed by atoms with Crippen molar-refractivity contribution in [3.05, 3.63) is 77.0 Å². The van der Waals surface area contributed by atoms with E-state index in [-0.39, 0.29) is 24.9 Å². The van der Waals surface area contributed by atoms with Crippen molar-refractivity contribution in [2.45, 2.75) is 19.6 Å². The summed E-state index contributed by atoms with van der Waals surface area (Å²) in [5.41, 5.74) is 1.85. The number of aromatic nitrogens is 3. The molecule has 3 heterocycles. The first-order valence-electron chi connectivity index (χ1n) is 9.15. The lowest BCUT2D eigenvalue weighted by atomic mass is 10.2. The number of anilines is 1. The summed E-state index contributed by atoms with van der Waals surface area (Å²) in [6, 6.07) is 6.73. The van der Waals surface area contributed by atoms with E-state index in [9.17, 15) is 18.4 Å². The number of fused-ring (bicyclic) bond motifs is 1. The fourth-order valence-electron chi connectivity index (χ4n) is 3.20. The number of imidazole rings is 1. The van der Waals surface area contributed by atoms with Crippen molar-refractivity contribution < 1.29 is 18.4 Å². The van der Waals surface area contributed by atoms with Gasteiger partial charge in [0.05, 0.1) is 6.54 Å².